The number of methoxy groups -OCH3 is 2. The molecule has 3 aliphatic rings. The minimum atomic E-state index is -0.586. The Kier molecular flexibility index (Phi) is 6.91. The van der Waals surface area contributed by atoms with Crippen LogP contribution in [0.2, 0.25) is 0 Å². The van der Waals surface area contributed by atoms with Crippen molar-refractivity contribution in [3.8, 4) is 0 Å². The number of rotatable bonds is 9. The lowest BCUT2D eigenvalue weighted by Crippen LogP contribution is -2.56. The fourth-order valence-electron chi connectivity index (χ4n) is 4.78. The molecule has 3 fully saturated rings. The Morgan fingerprint density at radius 3 is 2.57 bits per heavy atom. The van der Waals surface area contributed by atoms with Gasteiger partial charge in [0.25, 0.3) is 0 Å². The molecule has 0 bridgehead atoms. The van der Waals surface area contributed by atoms with Gasteiger partial charge in [0.15, 0.2) is 0 Å². The van der Waals surface area contributed by atoms with Gasteiger partial charge in [-0.2, -0.15) is 0 Å². The summed E-state index contributed by atoms with van der Waals surface area (Å²) in [5.41, 5.74) is 0.638. The predicted octanol–water partition coefficient (Wildman–Crippen LogP) is 1.76. The Labute approximate surface area is 178 Å². The molecule has 1 saturated carbocycles. The summed E-state index contributed by atoms with van der Waals surface area (Å²) < 4.78 is 28.4. The molecular weight excluding hydrogens is 390 g/mol. The van der Waals surface area contributed by atoms with Crippen molar-refractivity contribution < 1.29 is 33.3 Å². The van der Waals surface area contributed by atoms with E-state index >= 15 is 0 Å². The van der Waals surface area contributed by atoms with Crippen molar-refractivity contribution >= 4 is 11.9 Å². The van der Waals surface area contributed by atoms with Crippen LogP contribution in [0.1, 0.15) is 47.0 Å². The van der Waals surface area contributed by atoms with Crippen LogP contribution >= 0.6 is 0 Å². The number of carbonyl (C=O) groups excluding carboxylic acids is 2. The summed E-state index contributed by atoms with van der Waals surface area (Å²) >= 11 is 0. The van der Waals surface area contributed by atoms with Gasteiger partial charge in [-0.3, -0.25) is 14.9 Å². The zero-order valence-corrected chi connectivity index (χ0v) is 18.9. The van der Waals surface area contributed by atoms with Crippen LogP contribution in [-0.4, -0.2) is 74.9 Å². The van der Waals surface area contributed by atoms with Gasteiger partial charge in [0.2, 0.25) is 0 Å². The van der Waals surface area contributed by atoms with Crippen molar-refractivity contribution in [1.29, 1.82) is 0 Å². The third kappa shape index (κ3) is 4.72. The van der Waals surface area contributed by atoms with E-state index in [4.69, 9.17) is 18.9 Å². The van der Waals surface area contributed by atoms with Crippen molar-refractivity contribution in [2.45, 2.75) is 82.5 Å². The second kappa shape index (κ2) is 8.94. The van der Waals surface area contributed by atoms with E-state index in [-0.39, 0.29) is 42.0 Å². The number of ether oxygens (including phenoxy) is 5. The van der Waals surface area contributed by atoms with Crippen molar-refractivity contribution in [2.75, 3.05) is 27.4 Å². The van der Waals surface area contributed by atoms with Gasteiger partial charge in [-0.1, -0.05) is 11.6 Å². The van der Waals surface area contributed by atoms with E-state index in [0.29, 0.717) is 13.0 Å². The van der Waals surface area contributed by atoms with Crippen LogP contribution in [0.15, 0.2) is 11.6 Å². The first-order valence-electron chi connectivity index (χ1n) is 10.7. The molecule has 0 amide bonds. The fourth-order valence-corrected chi connectivity index (χ4v) is 4.78. The first kappa shape index (κ1) is 23.2. The maximum atomic E-state index is 12.4. The van der Waals surface area contributed by atoms with Gasteiger partial charge in [0.05, 0.1) is 32.3 Å². The third-order valence-corrected chi connectivity index (χ3v) is 6.63. The number of carbonyl (C=O) groups is 2. The topological polar surface area (TPSA) is 98.9 Å². The average molecular weight is 426 g/mol. The number of esters is 2. The van der Waals surface area contributed by atoms with E-state index in [9.17, 15) is 9.59 Å². The smallest absolute Gasteiger partial charge is 0.322 e. The van der Waals surface area contributed by atoms with Gasteiger partial charge in [0.1, 0.15) is 29.5 Å². The van der Waals surface area contributed by atoms with Crippen LogP contribution in [-0.2, 0) is 33.3 Å². The Balaban J connectivity index is 1.64. The molecule has 0 aromatic rings. The van der Waals surface area contributed by atoms with Crippen LogP contribution < -0.4 is 5.32 Å². The number of epoxide rings is 2. The molecule has 30 heavy (non-hydrogen) atoms. The highest BCUT2D eigenvalue weighted by Crippen LogP contribution is 2.59. The molecule has 8 nitrogen and oxygen atoms in total. The minimum absolute atomic E-state index is 0.0148. The maximum Gasteiger partial charge on any atom is 0.322 e. The molecule has 8 heteroatoms. The molecule has 170 valence electrons. The molecule has 1 aliphatic carbocycles. The van der Waals surface area contributed by atoms with Crippen LogP contribution in [0.4, 0.5) is 0 Å². The number of hydrogen-bond donors (Lipinski definition) is 1. The van der Waals surface area contributed by atoms with E-state index in [2.05, 4.69) is 36.9 Å². The van der Waals surface area contributed by atoms with Gasteiger partial charge >= 0.3 is 11.9 Å². The van der Waals surface area contributed by atoms with Gasteiger partial charge in [-0.05, 0) is 47.0 Å². The highest BCUT2D eigenvalue weighted by atomic mass is 16.6. The van der Waals surface area contributed by atoms with Crippen molar-refractivity contribution in [2.24, 2.45) is 5.92 Å². The summed E-state index contributed by atoms with van der Waals surface area (Å²) in [4.78, 5) is 23.9. The Bertz CT molecular complexity index is 685. The largest absolute Gasteiger partial charge is 0.468 e. The average Bonchev–Trinajstić information content (AvgIpc) is 3.62. The van der Waals surface area contributed by atoms with Crippen molar-refractivity contribution in [3.05, 3.63) is 11.6 Å². The van der Waals surface area contributed by atoms with E-state index in [1.54, 1.807) is 14.0 Å². The molecule has 1 unspecified atom stereocenters. The molecule has 2 saturated heterocycles. The van der Waals surface area contributed by atoms with E-state index in [0.717, 1.165) is 12.8 Å². The van der Waals surface area contributed by atoms with Gasteiger partial charge in [0, 0.05) is 7.11 Å². The summed E-state index contributed by atoms with van der Waals surface area (Å²) in [6.45, 7) is 8.51. The predicted molar refractivity (Wildman–Crippen MR) is 109 cm³/mol. The standard InChI is InChI=1S/C22H35NO7/c1-13(2)7-8-16-21(4,30-16)19-18(26-5)15(9-10-22(19)12-28-22)29-17(24)11-23-14(3)20(25)27-6/h7,14-16,18-19,23H,8-12H2,1-6H3/t14?,15-,16-,18-,19-,21+,22+/m1/s1. The van der Waals surface area contributed by atoms with Gasteiger partial charge < -0.3 is 23.7 Å². The molecular formula is C22H35NO7. The lowest BCUT2D eigenvalue weighted by atomic mass is 9.68. The summed E-state index contributed by atoms with van der Waals surface area (Å²) in [7, 11) is 2.96. The van der Waals surface area contributed by atoms with Crippen LogP contribution in [0.5, 0.6) is 0 Å². The molecule has 0 aromatic carbocycles. The van der Waals surface area contributed by atoms with Gasteiger partial charge in [-0.25, -0.2) is 0 Å². The molecule has 3 rings (SSSR count). The molecule has 0 aromatic heterocycles. The normalized spacial score (nSPS) is 37.9. The Hall–Kier alpha value is -1.48. The minimum Gasteiger partial charge on any atom is -0.468 e. The summed E-state index contributed by atoms with van der Waals surface area (Å²) in [5.74, 6) is -0.865. The molecule has 2 aliphatic heterocycles. The van der Waals surface area contributed by atoms with Gasteiger partial charge in [-0.15, -0.1) is 0 Å². The molecule has 0 radical (unpaired) electrons. The van der Waals surface area contributed by atoms with E-state index in [1.807, 2.05) is 0 Å². The van der Waals surface area contributed by atoms with Crippen LogP contribution in [0.3, 0.4) is 0 Å². The molecule has 1 N–H and O–H groups in total. The van der Waals surface area contributed by atoms with E-state index < -0.39 is 18.0 Å². The monoisotopic (exact) mass is 425 g/mol. The van der Waals surface area contributed by atoms with Crippen LogP contribution in [0, 0.1) is 5.92 Å². The summed E-state index contributed by atoms with van der Waals surface area (Å²) in [6, 6.07) is -0.586. The maximum absolute atomic E-state index is 12.4. The second-order valence-corrected chi connectivity index (χ2v) is 9.03. The summed E-state index contributed by atoms with van der Waals surface area (Å²) in [6.07, 6.45) is 3.91. The van der Waals surface area contributed by atoms with Crippen molar-refractivity contribution in [1.82, 2.24) is 5.32 Å². The fraction of sp³-hybridized carbons (Fsp3) is 0.818. The molecule has 1 spiro atoms. The van der Waals surface area contributed by atoms with Crippen molar-refractivity contribution in [3.63, 3.8) is 0 Å². The highest BCUT2D eigenvalue weighted by Gasteiger charge is 2.72. The SMILES string of the molecule is COC(=O)C(C)NCC(=O)O[C@@H]1CC[C@]2(CO2)[C@@H]([C@@]2(C)O[C@@H]2CC=C(C)C)[C@@H]1OC. The lowest BCUT2D eigenvalue weighted by molar-refractivity contribution is -0.171. The highest BCUT2D eigenvalue weighted by molar-refractivity contribution is 5.77. The number of hydrogen-bond acceptors (Lipinski definition) is 8. The van der Waals surface area contributed by atoms with E-state index in [1.165, 1.54) is 12.7 Å². The Morgan fingerprint density at radius 2 is 2.00 bits per heavy atom. The Morgan fingerprint density at radius 1 is 1.30 bits per heavy atom. The third-order valence-electron chi connectivity index (χ3n) is 6.63. The first-order chi connectivity index (χ1) is 14.2. The number of allylic oxidation sites excluding steroid dienone is 1. The summed E-state index contributed by atoms with van der Waals surface area (Å²) in [5, 5.41) is 2.83. The molecule has 2 heterocycles. The van der Waals surface area contributed by atoms with Crippen LogP contribution in [0.25, 0.3) is 0 Å². The lowest BCUT2D eigenvalue weighted by Gasteiger charge is -2.42. The molecule has 7 atom stereocenters. The quantitative estimate of drug-likeness (QED) is 0.339. The first-order valence-corrected chi connectivity index (χ1v) is 10.7. The number of nitrogens with one attached hydrogen (secondary N) is 1. The zero-order chi connectivity index (χ0) is 22.1. The second-order valence-electron chi connectivity index (χ2n) is 9.03. The zero-order valence-electron chi connectivity index (χ0n) is 18.9.